The van der Waals surface area contributed by atoms with Crippen LogP contribution in [0.15, 0.2) is 194 Å². The van der Waals surface area contributed by atoms with Gasteiger partial charge in [-0.2, -0.15) is 9.97 Å². The topological polar surface area (TPSA) is 99.7 Å². The summed E-state index contributed by atoms with van der Waals surface area (Å²) < 4.78 is 0. The van der Waals surface area contributed by atoms with Gasteiger partial charge in [-0.3, -0.25) is 0 Å². The Balaban J connectivity index is 1.15. The molecule has 0 aliphatic heterocycles. The van der Waals surface area contributed by atoms with Gasteiger partial charge in [0.2, 0.25) is 11.9 Å². The van der Waals surface area contributed by atoms with E-state index in [1.165, 1.54) is 22.3 Å². The Morgan fingerprint density at radius 3 is 1.14 bits per heavy atom. The van der Waals surface area contributed by atoms with Gasteiger partial charge in [-0.1, -0.05) is 170 Å². The van der Waals surface area contributed by atoms with Crippen LogP contribution in [-0.4, -0.2) is 19.9 Å². The van der Waals surface area contributed by atoms with E-state index in [0.29, 0.717) is 31.5 Å². The third kappa shape index (κ3) is 8.97. The average Bonchev–Trinajstić information content (AvgIpc) is 3.29. The minimum Gasteiger partial charge on any atom is -0.366 e. The van der Waals surface area contributed by atoms with Gasteiger partial charge in [-0.15, -0.1) is 0 Å². The van der Waals surface area contributed by atoms with E-state index in [1.54, 1.807) is 0 Å². The fourth-order valence-electron chi connectivity index (χ4n) is 8.26. The highest BCUT2D eigenvalue weighted by Crippen LogP contribution is 2.66. The molecule has 4 N–H and O–H groups in total. The van der Waals surface area contributed by atoms with Gasteiger partial charge >= 0.3 is 0 Å². The lowest BCUT2D eigenvalue weighted by atomic mass is 9.50. The molecule has 1 fully saturated rings. The number of hydrogen-bond donors (Lipinski definition) is 4. The number of anilines is 5. The fraction of sp³-hybridized carbons (Fsp3) is 0.137. The number of nitrogens with one attached hydrogen (secondary N) is 4. The minimum absolute atomic E-state index is 0.00202. The number of aromatic nitrogens is 4. The maximum atomic E-state index is 5.34. The second kappa shape index (κ2) is 17.9. The molecule has 1 aliphatic rings. The summed E-state index contributed by atoms with van der Waals surface area (Å²) in [6, 6.07) is 67.3. The van der Waals surface area contributed by atoms with E-state index in [0.717, 1.165) is 34.3 Å². The molecular weight excluding hydrogens is 725 g/mol. The average molecular weight is 771 g/mol. The zero-order chi connectivity index (χ0) is 39.6. The lowest BCUT2D eigenvalue weighted by molar-refractivity contribution is 0.220. The molecule has 2 heterocycles. The molecule has 2 aromatic heterocycles. The van der Waals surface area contributed by atoms with Crippen molar-refractivity contribution in [2.24, 2.45) is 0 Å². The molecule has 8 aromatic rings. The largest absolute Gasteiger partial charge is 0.366 e. The lowest BCUT2D eigenvalue weighted by Crippen LogP contribution is -2.41. The minimum atomic E-state index is -0.00202. The Bertz CT molecular complexity index is 2430. The predicted molar refractivity (Wildman–Crippen MR) is 239 cm³/mol. The van der Waals surface area contributed by atoms with E-state index in [2.05, 4.69) is 167 Å². The molecule has 0 saturated heterocycles. The summed E-state index contributed by atoms with van der Waals surface area (Å²) in [6.45, 7) is 1.89. The molecule has 1 aliphatic carbocycles. The van der Waals surface area contributed by atoms with Gasteiger partial charge < -0.3 is 21.3 Å². The van der Waals surface area contributed by atoms with E-state index in [9.17, 15) is 0 Å². The first kappa shape index (κ1) is 37.3. The first-order valence-corrected chi connectivity index (χ1v) is 20.3. The van der Waals surface area contributed by atoms with Gasteiger partial charge in [-0.25, -0.2) is 9.97 Å². The fourth-order valence-corrected chi connectivity index (χ4v) is 8.26. The Labute approximate surface area is 345 Å². The van der Waals surface area contributed by atoms with Crippen molar-refractivity contribution in [2.75, 3.05) is 21.3 Å². The Hall–Kier alpha value is -7.32. The van der Waals surface area contributed by atoms with Crippen molar-refractivity contribution < 1.29 is 0 Å². The van der Waals surface area contributed by atoms with E-state index in [1.807, 2.05) is 48.5 Å². The van der Waals surface area contributed by atoms with Crippen LogP contribution in [0.2, 0.25) is 0 Å². The summed E-state index contributed by atoms with van der Waals surface area (Å²) in [4.78, 5) is 20.7. The summed E-state index contributed by atoms with van der Waals surface area (Å²) in [5, 5.41) is 14.3. The van der Waals surface area contributed by atoms with E-state index in [4.69, 9.17) is 19.9 Å². The van der Waals surface area contributed by atoms with Crippen LogP contribution in [0.3, 0.4) is 0 Å². The van der Waals surface area contributed by atoms with Crippen molar-refractivity contribution in [1.82, 2.24) is 19.9 Å². The summed E-state index contributed by atoms with van der Waals surface area (Å²) in [5.74, 6) is 2.77. The van der Waals surface area contributed by atoms with Gasteiger partial charge in [0.1, 0.15) is 11.6 Å². The highest BCUT2D eigenvalue weighted by molar-refractivity contribution is 5.57. The summed E-state index contributed by atoms with van der Waals surface area (Å²) in [6.07, 6.45) is 0. The second-order valence-electron chi connectivity index (χ2n) is 14.9. The van der Waals surface area contributed by atoms with Crippen molar-refractivity contribution in [3.8, 4) is 0 Å². The molecule has 8 nitrogen and oxygen atoms in total. The standard InChI is InChI=1S/C51H46N8/c1-7-19-36(20-8-1)33-52-44-31-42(56-50(58-44)54-35-38-23-11-3-12-24-38)48-46(39-25-13-4-14-26-39)49(47(48)40-27-15-5-16-28-40)43-32-45(53-34-37-21-9-2-10-22-37)59-51(57-43)55-41-29-17-6-18-30-41/h1-32,46-49H,33-35H2,(H2,52,54,56,58)(H2,53,55,57,59)/t46-,47-,48-,49-/m0/s1. The zero-order valence-electron chi connectivity index (χ0n) is 32.7. The van der Waals surface area contributed by atoms with E-state index in [-0.39, 0.29) is 23.7 Å². The normalized spacial score (nSPS) is 17.0. The monoisotopic (exact) mass is 770 g/mol. The summed E-state index contributed by atoms with van der Waals surface area (Å²) in [5.41, 5.74) is 8.86. The quantitative estimate of drug-likeness (QED) is 0.0818. The molecule has 290 valence electrons. The zero-order valence-corrected chi connectivity index (χ0v) is 32.7. The third-order valence-corrected chi connectivity index (χ3v) is 11.0. The van der Waals surface area contributed by atoms with Crippen molar-refractivity contribution in [3.63, 3.8) is 0 Å². The number of para-hydroxylation sites is 1. The molecule has 0 bridgehead atoms. The maximum absolute atomic E-state index is 5.34. The highest BCUT2D eigenvalue weighted by atomic mass is 15.2. The van der Waals surface area contributed by atoms with Gasteiger partial charge in [-0.05, 0) is 39.9 Å². The summed E-state index contributed by atoms with van der Waals surface area (Å²) >= 11 is 0. The van der Waals surface area contributed by atoms with Crippen molar-refractivity contribution in [2.45, 2.75) is 43.3 Å². The van der Waals surface area contributed by atoms with E-state index < -0.39 is 0 Å². The van der Waals surface area contributed by atoms with Crippen LogP contribution in [0.5, 0.6) is 0 Å². The maximum Gasteiger partial charge on any atom is 0.229 e. The first-order chi connectivity index (χ1) is 29.2. The van der Waals surface area contributed by atoms with Crippen LogP contribution in [0.25, 0.3) is 0 Å². The third-order valence-electron chi connectivity index (χ3n) is 11.0. The first-order valence-electron chi connectivity index (χ1n) is 20.3. The molecule has 0 unspecified atom stereocenters. The van der Waals surface area contributed by atoms with E-state index >= 15 is 0 Å². The number of hydrogen-bond acceptors (Lipinski definition) is 8. The van der Waals surface area contributed by atoms with Crippen molar-refractivity contribution in [3.05, 3.63) is 233 Å². The molecule has 0 radical (unpaired) electrons. The predicted octanol–water partition coefficient (Wildman–Crippen LogP) is 11.3. The van der Waals surface area contributed by atoms with Crippen LogP contribution in [0.1, 0.15) is 62.9 Å². The van der Waals surface area contributed by atoms with Crippen LogP contribution in [0.4, 0.5) is 29.2 Å². The number of benzene rings is 6. The van der Waals surface area contributed by atoms with Gasteiger partial charge in [0, 0.05) is 61.1 Å². The number of nitrogens with zero attached hydrogens (tertiary/aromatic N) is 4. The Kier molecular flexibility index (Phi) is 11.3. The molecule has 6 aromatic carbocycles. The van der Waals surface area contributed by atoms with Crippen LogP contribution in [0, 0.1) is 0 Å². The molecule has 9 rings (SSSR count). The summed E-state index contributed by atoms with van der Waals surface area (Å²) in [7, 11) is 0. The van der Waals surface area contributed by atoms with Crippen LogP contribution >= 0.6 is 0 Å². The molecule has 8 heteroatoms. The van der Waals surface area contributed by atoms with Crippen LogP contribution < -0.4 is 21.3 Å². The van der Waals surface area contributed by atoms with Crippen molar-refractivity contribution in [1.29, 1.82) is 0 Å². The van der Waals surface area contributed by atoms with Crippen molar-refractivity contribution >= 4 is 29.2 Å². The van der Waals surface area contributed by atoms with Gasteiger partial charge in [0.25, 0.3) is 0 Å². The van der Waals surface area contributed by atoms with Gasteiger partial charge in [0.05, 0.1) is 11.4 Å². The highest BCUT2D eigenvalue weighted by Gasteiger charge is 2.54. The molecular formula is C51H46N8. The smallest absolute Gasteiger partial charge is 0.229 e. The molecule has 0 amide bonds. The second-order valence-corrected chi connectivity index (χ2v) is 14.9. The molecule has 0 spiro atoms. The molecule has 2 atom stereocenters. The Morgan fingerprint density at radius 1 is 0.339 bits per heavy atom. The molecule has 1 saturated carbocycles. The molecule has 59 heavy (non-hydrogen) atoms. The lowest BCUT2D eigenvalue weighted by Gasteiger charge is -2.52. The number of rotatable bonds is 15. The van der Waals surface area contributed by atoms with Gasteiger partial charge in [0.15, 0.2) is 0 Å². The van der Waals surface area contributed by atoms with Crippen LogP contribution in [-0.2, 0) is 19.6 Å². The SMILES string of the molecule is c1ccc(CNc2cc([C@H]3[C@H](c4ccccc4)[C@H](c4cc(NCc5ccccc5)nc(Nc5ccccc5)n4)[C@H]3c3ccccc3)nc(NCc3ccccc3)n2)cc1. The Morgan fingerprint density at radius 2 is 0.695 bits per heavy atom.